The first-order valence-electron chi connectivity index (χ1n) is 15.3. The summed E-state index contributed by atoms with van der Waals surface area (Å²) in [5, 5.41) is 7.00. The zero-order chi connectivity index (χ0) is 26.7. The van der Waals surface area contributed by atoms with Crippen LogP contribution in [0.2, 0.25) is 0 Å². The Hall–Kier alpha value is -1.30. The summed E-state index contributed by atoms with van der Waals surface area (Å²) >= 11 is 0. The molecule has 0 aromatic heterocycles. The minimum Gasteiger partial charge on any atom is -0.379 e. The fraction of sp³-hybridized carbons (Fsp3) is 0.931. The number of piperidine rings is 2. The van der Waals surface area contributed by atoms with Crippen molar-refractivity contribution < 1.29 is 33.3 Å². The first kappa shape index (κ1) is 26.6. The maximum absolute atomic E-state index is 14.2. The van der Waals surface area contributed by atoms with Gasteiger partial charge in [-0.05, 0) is 82.1 Å². The van der Waals surface area contributed by atoms with Crippen molar-refractivity contribution in [3.8, 4) is 0 Å². The molecule has 4 saturated heterocycles. The second-order valence-corrected chi connectivity index (χ2v) is 13.0. The Labute approximate surface area is 231 Å². The van der Waals surface area contributed by atoms with Gasteiger partial charge in [0.05, 0.1) is 42.5 Å². The lowest BCUT2D eigenvalue weighted by Gasteiger charge is -2.55. The number of fused-ring (bicyclic) bond motifs is 6. The Kier molecular flexibility index (Phi) is 7.39. The summed E-state index contributed by atoms with van der Waals surface area (Å²) in [6.07, 6.45) is 8.57. The molecule has 7 rings (SSSR count). The topological polar surface area (TPSA) is 108 Å². The van der Waals surface area contributed by atoms with Crippen molar-refractivity contribution in [3.05, 3.63) is 0 Å². The number of nitrogens with one attached hydrogen (secondary N) is 2. The van der Waals surface area contributed by atoms with E-state index < -0.39 is 0 Å². The second kappa shape index (κ2) is 10.8. The normalized spacial score (nSPS) is 48.6. The van der Waals surface area contributed by atoms with Crippen LogP contribution in [0.25, 0.3) is 0 Å². The molecule has 4 aliphatic heterocycles. The third-order valence-corrected chi connectivity index (χ3v) is 11.4. The summed E-state index contributed by atoms with van der Waals surface area (Å²) in [7, 11) is 3.46. The highest BCUT2D eigenvalue weighted by molar-refractivity contribution is 5.83. The number of carbonyl (C=O) groups excluding carboxylic acids is 2. The highest BCUT2D eigenvalue weighted by atomic mass is 16.7. The molecule has 218 valence electrons. The standard InChI is InChI=1S/C29H45N3O7/c1-35-22-8-5-18-25(28(22)36-2)29(34)32-20-6-4-16(12-19(20)17-9-10-30-26(18)27(17)32)37-13-24(33)31-15-3-7-21-23(11-15)39-14-38-21/h15-23,25-28,30H,3-14H2,1-2H3,(H,31,33). The van der Waals surface area contributed by atoms with Gasteiger partial charge in [0, 0.05) is 32.3 Å². The molecular formula is C29H45N3O7. The minimum atomic E-state index is -0.190. The number of hydrogen-bond acceptors (Lipinski definition) is 8. The summed E-state index contributed by atoms with van der Waals surface area (Å²) in [5.74, 6) is 1.32. The van der Waals surface area contributed by atoms with Crippen LogP contribution in [0.4, 0.5) is 0 Å². The average molecular weight is 548 g/mol. The van der Waals surface area contributed by atoms with Crippen molar-refractivity contribution in [1.29, 1.82) is 0 Å². The van der Waals surface area contributed by atoms with Crippen LogP contribution in [-0.4, -0.2) is 106 Å². The van der Waals surface area contributed by atoms with E-state index in [0.29, 0.717) is 30.6 Å². The summed E-state index contributed by atoms with van der Waals surface area (Å²) in [6.45, 7) is 1.47. The van der Waals surface area contributed by atoms with E-state index in [2.05, 4.69) is 15.5 Å². The van der Waals surface area contributed by atoms with Crippen LogP contribution >= 0.6 is 0 Å². The van der Waals surface area contributed by atoms with E-state index in [1.807, 2.05) is 0 Å². The lowest BCUT2D eigenvalue weighted by atomic mass is 9.64. The van der Waals surface area contributed by atoms with E-state index in [1.54, 1.807) is 14.2 Å². The molecule has 3 saturated carbocycles. The Morgan fingerprint density at radius 3 is 2.69 bits per heavy atom. The van der Waals surface area contributed by atoms with Crippen molar-refractivity contribution in [2.75, 3.05) is 34.2 Å². The molecule has 10 heteroatoms. The van der Waals surface area contributed by atoms with E-state index in [1.165, 1.54) is 0 Å². The van der Waals surface area contributed by atoms with Crippen LogP contribution in [0.3, 0.4) is 0 Å². The quantitative estimate of drug-likeness (QED) is 0.511. The molecule has 0 radical (unpaired) electrons. The Bertz CT molecular complexity index is 937. The van der Waals surface area contributed by atoms with Crippen LogP contribution in [0.15, 0.2) is 0 Å². The van der Waals surface area contributed by atoms with Gasteiger partial charge in [0.1, 0.15) is 13.4 Å². The zero-order valence-electron chi connectivity index (χ0n) is 23.3. The third kappa shape index (κ3) is 4.54. The summed E-state index contributed by atoms with van der Waals surface area (Å²) in [5.41, 5.74) is 0. The van der Waals surface area contributed by atoms with Crippen molar-refractivity contribution in [2.24, 2.45) is 23.7 Å². The number of ether oxygens (including phenoxy) is 5. The molecule has 2 N–H and O–H groups in total. The van der Waals surface area contributed by atoms with Gasteiger partial charge in [-0.1, -0.05) is 0 Å². The van der Waals surface area contributed by atoms with Gasteiger partial charge in [-0.2, -0.15) is 0 Å². The van der Waals surface area contributed by atoms with Gasteiger partial charge in [-0.3, -0.25) is 9.59 Å². The van der Waals surface area contributed by atoms with Gasteiger partial charge in [0.25, 0.3) is 0 Å². The molecule has 0 aromatic carbocycles. The smallest absolute Gasteiger partial charge is 0.246 e. The Morgan fingerprint density at radius 2 is 1.85 bits per heavy atom. The highest BCUT2D eigenvalue weighted by Gasteiger charge is 2.64. The molecule has 0 bridgehead atoms. The molecule has 7 aliphatic rings. The Morgan fingerprint density at radius 1 is 0.974 bits per heavy atom. The largest absolute Gasteiger partial charge is 0.379 e. The molecule has 7 fully saturated rings. The lowest BCUT2D eigenvalue weighted by molar-refractivity contribution is -0.175. The molecule has 13 unspecified atom stereocenters. The fourth-order valence-corrected chi connectivity index (χ4v) is 9.76. The molecule has 3 aliphatic carbocycles. The number of carbonyl (C=O) groups is 2. The van der Waals surface area contributed by atoms with Gasteiger partial charge in [-0.15, -0.1) is 0 Å². The summed E-state index contributed by atoms with van der Waals surface area (Å²) in [4.78, 5) is 29.2. The molecule has 13 atom stereocenters. The SMILES string of the molecule is COC1CCC2C3NCCC4C5CC(OCC(=O)NC6CCC7OCOC7C6)CCC5N(C(=O)C2C1OC)C43. The lowest BCUT2D eigenvalue weighted by Crippen LogP contribution is -2.70. The summed E-state index contributed by atoms with van der Waals surface area (Å²) in [6, 6.07) is 0.967. The highest BCUT2D eigenvalue weighted by Crippen LogP contribution is 2.54. The van der Waals surface area contributed by atoms with Crippen LogP contribution < -0.4 is 10.6 Å². The third-order valence-electron chi connectivity index (χ3n) is 11.4. The molecular weight excluding hydrogens is 502 g/mol. The second-order valence-electron chi connectivity index (χ2n) is 13.0. The van der Waals surface area contributed by atoms with E-state index in [4.69, 9.17) is 23.7 Å². The van der Waals surface area contributed by atoms with Crippen LogP contribution in [0.5, 0.6) is 0 Å². The maximum atomic E-state index is 14.2. The van der Waals surface area contributed by atoms with Gasteiger partial charge < -0.3 is 39.2 Å². The monoisotopic (exact) mass is 547 g/mol. The number of nitrogens with zero attached hydrogens (tertiary/aromatic N) is 1. The van der Waals surface area contributed by atoms with Crippen LogP contribution in [-0.2, 0) is 33.3 Å². The van der Waals surface area contributed by atoms with Gasteiger partial charge in [0.15, 0.2) is 0 Å². The molecule has 10 nitrogen and oxygen atoms in total. The number of methoxy groups -OCH3 is 2. The zero-order valence-corrected chi connectivity index (χ0v) is 23.3. The average Bonchev–Trinajstić information content (AvgIpc) is 3.56. The molecule has 0 spiro atoms. The fourth-order valence-electron chi connectivity index (χ4n) is 9.76. The van der Waals surface area contributed by atoms with Crippen LogP contribution in [0.1, 0.15) is 57.8 Å². The Balaban J connectivity index is 0.994. The van der Waals surface area contributed by atoms with Crippen LogP contribution in [0, 0.1) is 23.7 Å². The predicted octanol–water partition coefficient (Wildman–Crippen LogP) is 1.21. The maximum Gasteiger partial charge on any atom is 0.246 e. The first-order valence-corrected chi connectivity index (χ1v) is 15.3. The van der Waals surface area contributed by atoms with Gasteiger partial charge in [-0.25, -0.2) is 0 Å². The van der Waals surface area contributed by atoms with Gasteiger partial charge in [0.2, 0.25) is 11.8 Å². The van der Waals surface area contributed by atoms with E-state index in [-0.39, 0.29) is 73.0 Å². The number of hydrogen-bond donors (Lipinski definition) is 2. The van der Waals surface area contributed by atoms with E-state index in [9.17, 15) is 9.59 Å². The van der Waals surface area contributed by atoms with Gasteiger partial charge >= 0.3 is 0 Å². The minimum absolute atomic E-state index is 0.0288. The van der Waals surface area contributed by atoms with Crippen molar-refractivity contribution in [3.63, 3.8) is 0 Å². The number of rotatable bonds is 6. The molecule has 0 aromatic rings. The predicted molar refractivity (Wildman–Crippen MR) is 140 cm³/mol. The summed E-state index contributed by atoms with van der Waals surface area (Å²) < 4.78 is 29.2. The molecule has 39 heavy (non-hydrogen) atoms. The van der Waals surface area contributed by atoms with Crippen molar-refractivity contribution in [2.45, 2.75) is 112 Å². The number of amides is 2. The molecule has 2 amide bonds. The van der Waals surface area contributed by atoms with Crippen molar-refractivity contribution >= 4 is 11.8 Å². The first-order chi connectivity index (χ1) is 19.1. The van der Waals surface area contributed by atoms with E-state index >= 15 is 0 Å². The van der Waals surface area contributed by atoms with E-state index in [0.717, 1.165) is 64.3 Å². The molecule has 4 heterocycles. The van der Waals surface area contributed by atoms with Crippen molar-refractivity contribution in [1.82, 2.24) is 15.5 Å².